The second-order valence-electron chi connectivity index (χ2n) is 8.12. The molecule has 1 aromatic heterocycles. The maximum atomic E-state index is 10.6. The molecule has 2 aliphatic carbocycles. The van der Waals surface area contributed by atoms with E-state index >= 15 is 0 Å². The molecule has 2 aliphatic rings. The third kappa shape index (κ3) is 7.47. The molecule has 0 radical (unpaired) electrons. The summed E-state index contributed by atoms with van der Waals surface area (Å²) >= 11 is 6.10. The van der Waals surface area contributed by atoms with Gasteiger partial charge in [-0.1, -0.05) is 23.3 Å². The van der Waals surface area contributed by atoms with Gasteiger partial charge in [0.25, 0.3) is 0 Å². The molecular weight excluding hydrogens is 520 g/mol. The van der Waals surface area contributed by atoms with Gasteiger partial charge in [-0.25, -0.2) is 9.59 Å². The van der Waals surface area contributed by atoms with Crippen molar-refractivity contribution in [2.75, 3.05) is 12.3 Å². The zero-order valence-electron chi connectivity index (χ0n) is 18.5. The van der Waals surface area contributed by atoms with Crippen LogP contribution in [-0.4, -0.2) is 46.0 Å². The molecule has 1 aromatic carbocycles. The molecule has 6 N–H and O–H groups in total. The highest BCUT2D eigenvalue weighted by Gasteiger charge is 2.39. The SMILES string of the molecule is NCCC1=CC2Cc3nc4cc(Cl)ccc4c(N)c3C(C1)C2.O=C(O)C(F)(F)F.O=C(O)C(F)(F)F. The van der Waals surface area contributed by atoms with Crippen molar-refractivity contribution in [2.45, 2.75) is 44.0 Å². The van der Waals surface area contributed by atoms with Crippen molar-refractivity contribution in [3.63, 3.8) is 0 Å². The van der Waals surface area contributed by atoms with E-state index in [0.717, 1.165) is 48.1 Å². The lowest BCUT2D eigenvalue weighted by molar-refractivity contribution is -0.193. The maximum absolute atomic E-state index is 10.6. The summed E-state index contributed by atoms with van der Waals surface area (Å²) in [5, 5.41) is 16.0. The van der Waals surface area contributed by atoms with E-state index in [9.17, 15) is 26.3 Å². The van der Waals surface area contributed by atoms with Gasteiger partial charge in [-0.15, -0.1) is 0 Å². The lowest BCUT2D eigenvalue weighted by atomic mass is 9.70. The number of allylic oxidation sites excluding steroid dienone is 1. The van der Waals surface area contributed by atoms with E-state index < -0.39 is 24.3 Å². The molecule has 36 heavy (non-hydrogen) atoms. The highest BCUT2D eigenvalue weighted by atomic mass is 35.5. The molecule has 0 amide bonds. The molecule has 7 nitrogen and oxygen atoms in total. The van der Waals surface area contributed by atoms with E-state index in [4.69, 9.17) is 47.9 Å². The number of carboxylic acid groups (broad SMARTS) is 2. The standard InChI is InChI=1S/C18H20ClN3.2C2HF3O2/c19-13-1-2-14-15(9-13)22-16-8-11-5-10(3-4-20)6-12(7-11)17(16)18(14)21;2*3-2(4,5)1(6)7/h1-2,5,9,11-12H,3-4,6-8,20H2,(H2,21,22);2*(H,6,7). The topological polar surface area (TPSA) is 140 Å². The molecule has 198 valence electrons. The number of nitrogen functional groups attached to an aromatic ring is 1. The molecule has 0 aliphatic heterocycles. The normalized spacial score (nSPS) is 18.6. The summed E-state index contributed by atoms with van der Waals surface area (Å²) in [6.45, 7) is 0.724. The van der Waals surface area contributed by atoms with Crippen LogP contribution in [0, 0.1) is 5.92 Å². The van der Waals surface area contributed by atoms with Gasteiger partial charge >= 0.3 is 24.3 Å². The molecule has 2 aromatic rings. The van der Waals surface area contributed by atoms with Gasteiger partial charge in [0.05, 0.1) is 5.52 Å². The Morgan fingerprint density at radius 2 is 1.61 bits per heavy atom. The van der Waals surface area contributed by atoms with E-state index in [1.807, 2.05) is 18.2 Å². The number of nitrogens with zero attached hydrogens (tertiary/aromatic N) is 1. The molecule has 2 bridgehead atoms. The first kappa shape index (κ1) is 29.2. The van der Waals surface area contributed by atoms with Crippen LogP contribution in [0.15, 0.2) is 29.8 Å². The number of alkyl halides is 6. The van der Waals surface area contributed by atoms with Crippen LogP contribution in [0.3, 0.4) is 0 Å². The summed E-state index contributed by atoms with van der Waals surface area (Å²) in [5.74, 6) is -4.44. The third-order valence-electron chi connectivity index (χ3n) is 5.49. The number of nitrogens with two attached hydrogens (primary N) is 2. The van der Waals surface area contributed by atoms with Gasteiger partial charge in [0, 0.05) is 27.4 Å². The second kappa shape index (κ2) is 11.3. The first-order valence-corrected chi connectivity index (χ1v) is 10.8. The molecular formula is C22H22ClF6N3O4. The Bertz CT molecular complexity index is 1140. The third-order valence-corrected chi connectivity index (χ3v) is 5.72. The molecule has 2 unspecified atom stereocenters. The minimum Gasteiger partial charge on any atom is -0.475 e. The Balaban J connectivity index is 0.000000271. The predicted molar refractivity (Wildman–Crippen MR) is 119 cm³/mol. The van der Waals surface area contributed by atoms with Crippen LogP contribution in [0.25, 0.3) is 10.9 Å². The molecule has 4 rings (SSSR count). The quantitative estimate of drug-likeness (QED) is 0.308. The number of carboxylic acids is 2. The van der Waals surface area contributed by atoms with Crippen LogP contribution in [0.1, 0.15) is 36.4 Å². The minimum atomic E-state index is -5.08. The molecule has 0 spiro atoms. The lowest BCUT2D eigenvalue weighted by Crippen LogP contribution is -2.25. The van der Waals surface area contributed by atoms with Crippen molar-refractivity contribution >= 4 is 40.1 Å². The van der Waals surface area contributed by atoms with Crippen molar-refractivity contribution in [1.82, 2.24) is 4.98 Å². The number of anilines is 1. The van der Waals surface area contributed by atoms with E-state index in [1.54, 1.807) is 0 Å². The van der Waals surface area contributed by atoms with Crippen LogP contribution >= 0.6 is 11.6 Å². The average molecular weight is 542 g/mol. The second-order valence-corrected chi connectivity index (χ2v) is 8.55. The van der Waals surface area contributed by atoms with Crippen molar-refractivity contribution < 1.29 is 46.1 Å². The van der Waals surface area contributed by atoms with E-state index in [0.29, 0.717) is 16.9 Å². The molecule has 14 heteroatoms. The van der Waals surface area contributed by atoms with Crippen LogP contribution in [0.4, 0.5) is 32.0 Å². The molecule has 0 saturated carbocycles. The van der Waals surface area contributed by atoms with E-state index in [1.165, 1.54) is 17.6 Å². The first-order valence-electron chi connectivity index (χ1n) is 10.4. The number of rotatable bonds is 2. The zero-order chi connectivity index (χ0) is 27.4. The van der Waals surface area contributed by atoms with Gasteiger partial charge in [-0.2, -0.15) is 26.3 Å². The average Bonchev–Trinajstić information content (AvgIpc) is 2.73. The van der Waals surface area contributed by atoms with Crippen LogP contribution in [-0.2, 0) is 16.0 Å². The lowest BCUT2D eigenvalue weighted by Gasteiger charge is -2.36. The molecule has 2 atom stereocenters. The smallest absolute Gasteiger partial charge is 0.475 e. The fourth-order valence-corrected chi connectivity index (χ4v) is 4.32. The number of fused-ring (bicyclic) bond motifs is 5. The number of carbonyl (C=O) groups is 2. The van der Waals surface area contributed by atoms with Gasteiger partial charge in [0.1, 0.15) is 0 Å². The Hall–Kier alpha value is -3.06. The van der Waals surface area contributed by atoms with Crippen molar-refractivity contribution in [3.05, 3.63) is 46.1 Å². The molecule has 1 heterocycles. The Morgan fingerprint density at radius 3 is 2.11 bits per heavy atom. The number of halogens is 7. The summed E-state index contributed by atoms with van der Waals surface area (Å²) in [7, 11) is 0. The number of aromatic nitrogens is 1. The summed E-state index contributed by atoms with van der Waals surface area (Å²) < 4.78 is 63.5. The highest BCUT2D eigenvalue weighted by Crippen LogP contribution is 2.47. The zero-order valence-corrected chi connectivity index (χ0v) is 19.2. The fraction of sp³-hybridized carbons (Fsp3) is 0.409. The maximum Gasteiger partial charge on any atom is 0.490 e. The Morgan fingerprint density at radius 1 is 1.06 bits per heavy atom. The van der Waals surface area contributed by atoms with Gasteiger partial charge in [-0.3, -0.25) is 4.98 Å². The van der Waals surface area contributed by atoms with Gasteiger partial charge in [0.2, 0.25) is 0 Å². The van der Waals surface area contributed by atoms with E-state index in [2.05, 4.69) is 6.08 Å². The highest BCUT2D eigenvalue weighted by molar-refractivity contribution is 6.31. The monoisotopic (exact) mass is 541 g/mol. The largest absolute Gasteiger partial charge is 0.490 e. The first-order chi connectivity index (χ1) is 16.5. The predicted octanol–water partition coefficient (Wildman–Crippen LogP) is 5.06. The Kier molecular flexibility index (Phi) is 9.18. The van der Waals surface area contributed by atoms with Gasteiger partial charge in [-0.05, 0) is 62.3 Å². The fourth-order valence-electron chi connectivity index (χ4n) is 4.16. The van der Waals surface area contributed by atoms with Crippen LogP contribution in [0.5, 0.6) is 0 Å². The van der Waals surface area contributed by atoms with Gasteiger partial charge in [0.15, 0.2) is 0 Å². The molecule has 0 saturated heterocycles. The van der Waals surface area contributed by atoms with Crippen molar-refractivity contribution in [1.29, 1.82) is 0 Å². The Labute approximate surface area is 205 Å². The van der Waals surface area contributed by atoms with E-state index in [-0.39, 0.29) is 0 Å². The number of aliphatic carboxylic acids is 2. The summed E-state index contributed by atoms with van der Waals surface area (Å²) in [4.78, 5) is 22.7. The number of pyridine rings is 1. The van der Waals surface area contributed by atoms with Crippen molar-refractivity contribution in [3.8, 4) is 0 Å². The summed E-state index contributed by atoms with van der Waals surface area (Å²) in [6.07, 6.45) is -3.50. The number of hydrogen-bond acceptors (Lipinski definition) is 5. The molecule has 0 fully saturated rings. The minimum absolute atomic E-state index is 0.493. The van der Waals surface area contributed by atoms with Crippen LogP contribution < -0.4 is 11.5 Å². The van der Waals surface area contributed by atoms with Gasteiger partial charge < -0.3 is 21.7 Å². The number of benzene rings is 1. The van der Waals surface area contributed by atoms with Crippen molar-refractivity contribution in [2.24, 2.45) is 11.7 Å². The van der Waals surface area contributed by atoms with Crippen LogP contribution in [0.2, 0.25) is 5.02 Å². The number of hydrogen-bond donors (Lipinski definition) is 4. The summed E-state index contributed by atoms with van der Waals surface area (Å²) in [5.41, 5.74) is 18.0. The summed E-state index contributed by atoms with van der Waals surface area (Å²) in [6, 6.07) is 5.79.